The zero-order chi connectivity index (χ0) is 41.9. The summed E-state index contributed by atoms with van der Waals surface area (Å²) in [5.74, 6) is 2.62. The van der Waals surface area contributed by atoms with Gasteiger partial charge in [0, 0.05) is 54.3 Å². The summed E-state index contributed by atoms with van der Waals surface area (Å²) in [7, 11) is 0. The van der Waals surface area contributed by atoms with Crippen molar-refractivity contribution in [2.24, 2.45) is 0 Å². The van der Waals surface area contributed by atoms with Gasteiger partial charge in [-0.2, -0.15) is 0 Å². The van der Waals surface area contributed by atoms with Crippen LogP contribution < -0.4 is 0 Å². The quantitative estimate of drug-likeness (QED) is 0.174. The lowest BCUT2D eigenvalue weighted by Crippen LogP contribution is -2.04. The molecule has 6 nitrogen and oxygen atoms in total. The highest BCUT2D eigenvalue weighted by molar-refractivity contribution is 6.24. The van der Waals surface area contributed by atoms with Gasteiger partial charge < -0.3 is 4.57 Å². The number of benzene rings is 8. The maximum Gasteiger partial charge on any atom is 0.140 e. The van der Waals surface area contributed by atoms with Gasteiger partial charge >= 0.3 is 0 Å². The Labute approximate surface area is 366 Å². The summed E-state index contributed by atoms with van der Waals surface area (Å²) in [6.07, 6.45) is 0. The maximum absolute atomic E-state index is 5.55. The van der Waals surface area contributed by atoms with Crippen LogP contribution in [0.3, 0.4) is 0 Å². The van der Waals surface area contributed by atoms with Crippen LogP contribution in [0.1, 0.15) is 0 Å². The zero-order valence-corrected chi connectivity index (χ0v) is 34.5. The van der Waals surface area contributed by atoms with E-state index in [0.29, 0.717) is 0 Å². The Morgan fingerprint density at radius 2 is 0.609 bits per heavy atom. The first-order valence-electron chi connectivity index (χ1n) is 21.8. The van der Waals surface area contributed by atoms with E-state index in [9.17, 15) is 0 Å². The molecule has 0 aliphatic rings. The fourth-order valence-corrected chi connectivity index (χ4v) is 10.5. The number of pyridine rings is 2. The predicted octanol–water partition coefficient (Wildman–Crippen LogP) is 14.5. The van der Waals surface area contributed by atoms with E-state index in [1.54, 1.807) is 0 Å². The minimum atomic E-state index is 0.856. The van der Waals surface area contributed by atoms with Crippen LogP contribution >= 0.6 is 0 Å². The van der Waals surface area contributed by atoms with Gasteiger partial charge in [-0.3, -0.25) is 13.7 Å². The van der Waals surface area contributed by atoms with Gasteiger partial charge in [-0.25, -0.2) is 9.97 Å². The molecule has 0 spiro atoms. The van der Waals surface area contributed by atoms with Gasteiger partial charge in [0.2, 0.25) is 0 Å². The van der Waals surface area contributed by atoms with E-state index in [1.165, 1.54) is 43.1 Å². The summed E-state index contributed by atoms with van der Waals surface area (Å²) in [6.45, 7) is 0. The highest BCUT2D eigenvalue weighted by Gasteiger charge is 2.23. The number of rotatable bonds is 5. The van der Waals surface area contributed by atoms with Gasteiger partial charge in [-0.05, 0) is 72.8 Å². The smallest absolute Gasteiger partial charge is 0.140 e. The van der Waals surface area contributed by atoms with E-state index in [-0.39, 0.29) is 0 Å². The highest BCUT2D eigenvalue weighted by Crippen LogP contribution is 2.42. The number of para-hydroxylation sites is 6. The van der Waals surface area contributed by atoms with Gasteiger partial charge in [0.05, 0.1) is 49.8 Å². The third-order valence-corrected chi connectivity index (χ3v) is 13.2. The van der Waals surface area contributed by atoms with Crippen LogP contribution in [0.25, 0.3) is 122 Å². The Morgan fingerprint density at radius 1 is 0.250 bits per heavy atom. The average molecular weight is 817 g/mol. The molecular weight excluding hydrogens is 781 g/mol. The van der Waals surface area contributed by atoms with Crippen LogP contribution in [0, 0.1) is 0 Å². The summed E-state index contributed by atoms with van der Waals surface area (Å²) in [6, 6.07) is 78.1. The van der Waals surface area contributed by atoms with Crippen LogP contribution in [-0.2, 0) is 0 Å². The first-order valence-corrected chi connectivity index (χ1v) is 21.8. The van der Waals surface area contributed by atoms with E-state index in [2.05, 4.69) is 237 Å². The Hall–Kier alpha value is -8.74. The molecule has 0 bridgehead atoms. The molecule has 14 rings (SSSR count). The largest absolute Gasteiger partial charge is 0.307 e. The van der Waals surface area contributed by atoms with Crippen molar-refractivity contribution in [3.63, 3.8) is 0 Å². The molecule has 6 aromatic heterocycles. The van der Waals surface area contributed by atoms with Crippen molar-refractivity contribution in [3.05, 3.63) is 218 Å². The molecule has 0 aliphatic heterocycles. The maximum atomic E-state index is 5.55. The number of hydrogen-bond acceptors (Lipinski definition) is 2. The summed E-state index contributed by atoms with van der Waals surface area (Å²) < 4.78 is 9.40. The second-order valence-electron chi connectivity index (χ2n) is 16.6. The van der Waals surface area contributed by atoms with Crippen molar-refractivity contribution < 1.29 is 0 Å². The van der Waals surface area contributed by atoms with E-state index in [4.69, 9.17) is 9.97 Å². The molecule has 0 saturated heterocycles. The van der Waals surface area contributed by atoms with Gasteiger partial charge in [-0.15, -0.1) is 0 Å². The van der Waals surface area contributed by atoms with E-state index in [1.807, 2.05) is 0 Å². The normalized spacial score (nSPS) is 12.1. The van der Waals surface area contributed by atoms with Crippen molar-refractivity contribution >= 4 is 87.2 Å². The fraction of sp³-hybridized carbons (Fsp3) is 0. The third-order valence-electron chi connectivity index (χ3n) is 13.2. The number of fused-ring (bicyclic) bond motifs is 13. The van der Waals surface area contributed by atoms with Crippen molar-refractivity contribution in [1.82, 2.24) is 28.2 Å². The second kappa shape index (κ2) is 13.4. The van der Waals surface area contributed by atoms with Gasteiger partial charge in [0.15, 0.2) is 0 Å². The average Bonchev–Trinajstić information content (AvgIpc) is 4.09. The zero-order valence-electron chi connectivity index (χ0n) is 34.5. The van der Waals surface area contributed by atoms with Gasteiger partial charge in [0.25, 0.3) is 0 Å². The third kappa shape index (κ3) is 4.90. The first kappa shape index (κ1) is 34.9. The molecule has 0 N–H and O–H groups in total. The van der Waals surface area contributed by atoms with Gasteiger partial charge in [-0.1, -0.05) is 146 Å². The topological polar surface area (TPSA) is 45.5 Å². The van der Waals surface area contributed by atoms with Crippen molar-refractivity contribution in [2.75, 3.05) is 0 Å². The minimum absolute atomic E-state index is 0.856. The first-order chi connectivity index (χ1) is 31.8. The molecule has 0 unspecified atom stereocenters. The molecule has 0 amide bonds. The minimum Gasteiger partial charge on any atom is -0.307 e. The van der Waals surface area contributed by atoms with Crippen molar-refractivity contribution in [2.45, 2.75) is 0 Å². The summed E-state index contributed by atoms with van der Waals surface area (Å²) in [4.78, 5) is 10.9. The number of hydrogen-bond donors (Lipinski definition) is 0. The Bertz CT molecular complexity index is 4110. The number of aromatic nitrogens is 6. The van der Waals surface area contributed by atoms with Crippen LogP contribution in [0.2, 0.25) is 0 Å². The summed E-state index contributed by atoms with van der Waals surface area (Å²) in [5, 5.41) is 9.59. The van der Waals surface area contributed by atoms with Gasteiger partial charge in [0.1, 0.15) is 17.5 Å². The Morgan fingerprint density at radius 3 is 1.11 bits per heavy atom. The molecule has 6 heterocycles. The second-order valence-corrected chi connectivity index (χ2v) is 16.6. The monoisotopic (exact) mass is 816 g/mol. The molecular formula is C58H36N6. The summed E-state index contributed by atoms with van der Waals surface area (Å²) >= 11 is 0. The fourth-order valence-electron chi connectivity index (χ4n) is 10.5. The molecule has 64 heavy (non-hydrogen) atoms. The molecule has 6 heteroatoms. The Kier molecular flexibility index (Phi) is 7.30. The molecule has 0 radical (unpaired) electrons. The molecule has 14 aromatic rings. The van der Waals surface area contributed by atoms with Crippen molar-refractivity contribution in [3.8, 4) is 34.4 Å². The molecule has 298 valence electrons. The van der Waals surface area contributed by atoms with Crippen LogP contribution in [0.15, 0.2) is 218 Å². The molecule has 0 atom stereocenters. The molecule has 0 fully saturated rings. The summed E-state index contributed by atoms with van der Waals surface area (Å²) in [5.41, 5.74) is 12.0. The van der Waals surface area contributed by atoms with Crippen molar-refractivity contribution in [1.29, 1.82) is 0 Å². The molecule has 0 saturated carbocycles. The van der Waals surface area contributed by atoms with E-state index in [0.717, 1.165) is 78.5 Å². The standard InChI is InChI=1S/C58H36N6/c1-8-26-49-39(18-1)40-19-2-9-27-50(40)62(49)54-31-14-24-47(59-54)37-16-13-17-38(36-37)61-48-25-7-5-22-43(48)45-34-35-46-44-23-6-12-30-53(44)64(58(46)57(45)61)56-33-15-32-55(60-56)63-51-28-10-3-20-41(51)42-21-4-11-29-52(42)63/h1-36H. The Balaban J connectivity index is 1.01. The SMILES string of the molecule is c1cc(-c2cccc(-n3c4ccccc4c4ccccc43)n2)cc(-n2c3ccccc3c3ccc4c5ccccc5n(-c5cccc(-n6c7ccccc7c7ccccc76)n5)c4c32)c1. The highest BCUT2D eigenvalue weighted by atomic mass is 15.1. The van der Waals surface area contributed by atoms with E-state index >= 15 is 0 Å². The molecule has 0 aliphatic carbocycles. The lowest BCUT2D eigenvalue weighted by molar-refractivity contribution is 1.01. The predicted molar refractivity (Wildman–Crippen MR) is 265 cm³/mol. The van der Waals surface area contributed by atoms with Crippen LogP contribution in [0.5, 0.6) is 0 Å². The lowest BCUT2D eigenvalue weighted by atomic mass is 10.1. The van der Waals surface area contributed by atoms with E-state index < -0.39 is 0 Å². The number of nitrogens with zero attached hydrogens (tertiary/aromatic N) is 6. The van der Waals surface area contributed by atoms with Crippen LogP contribution in [-0.4, -0.2) is 28.2 Å². The lowest BCUT2D eigenvalue weighted by Gasteiger charge is -2.14. The van der Waals surface area contributed by atoms with Crippen LogP contribution in [0.4, 0.5) is 0 Å². The molecule has 8 aromatic carbocycles.